The van der Waals surface area contributed by atoms with Gasteiger partial charge in [-0.05, 0) is 60.4 Å². The van der Waals surface area contributed by atoms with E-state index in [-0.39, 0.29) is 11.7 Å². The van der Waals surface area contributed by atoms with Gasteiger partial charge in [0.25, 0.3) is 5.91 Å². The van der Waals surface area contributed by atoms with Gasteiger partial charge in [0.05, 0.1) is 6.61 Å². The highest BCUT2D eigenvalue weighted by atomic mass is 19.1. The fraction of sp³-hybridized carbons (Fsp3) is 0.318. The summed E-state index contributed by atoms with van der Waals surface area (Å²) in [5, 5.41) is 0. The summed E-state index contributed by atoms with van der Waals surface area (Å²) in [7, 11) is 0. The highest BCUT2D eigenvalue weighted by Crippen LogP contribution is 2.24. The Balaban J connectivity index is 1.60. The molecule has 0 unspecified atom stereocenters. The molecular weight excluding hydrogens is 329 g/mol. The normalized spacial score (nSPS) is 14.1. The first kappa shape index (κ1) is 18.2. The van der Waals surface area contributed by atoms with Crippen molar-refractivity contribution >= 4 is 11.5 Å². The molecule has 26 heavy (non-hydrogen) atoms. The van der Waals surface area contributed by atoms with Crippen LogP contribution in [0, 0.1) is 5.82 Å². The minimum Gasteiger partial charge on any atom is -0.494 e. The predicted molar refractivity (Wildman–Crippen MR) is 102 cm³/mol. The van der Waals surface area contributed by atoms with Crippen molar-refractivity contribution in [2.45, 2.75) is 26.2 Å². The van der Waals surface area contributed by atoms with Crippen LogP contribution >= 0.6 is 0 Å². The van der Waals surface area contributed by atoms with E-state index in [4.69, 9.17) is 4.74 Å². The number of rotatable bonds is 6. The van der Waals surface area contributed by atoms with E-state index in [9.17, 15) is 9.18 Å². The van der Waals surface area contributed by atoms with Gasteiger partial charge >= 0.3 is 0 Å². The van der Waals surface area contributed by atoms with E-state index >= 15 is 0 Å². The number of nitrogens with zero attached hydrogens (tertiary/aromatic N) is 1. The molecule has 0 saturated carbocycles. The fourth-order valence-electron chi connectivity index (χ4n) is 2.99. The van der Waals surface area contributed by atoms with E-state index in [1.54, 1.807) is 12.1 Å². The molecule has 1 aliphatic heterocycles. The summed E-state index contributed by atoms with van der Waals surface area (Å²) in [5.41, 5.74) is 2.85. The summed E-state index contributed by atoms with van der Waals surface area (Å²) in [6.45, 7) is 4.06. The van der Waals surface area contributed by atoms with Gasteiger partial charge in [-0.3, -0.25) is 4.79 Å². The van der Waals surface area contributed by atoms with Gasteiger partial charge in [-0.25, -0.2) is 4.39 Å². The molecule has 1 amide bonds. The lowest BCUT2D eigenvalue weighted by atomic mass is 9.99. The summed E-state index contributed by atoms with van der Waals surface area (Å²) in [6.07, 6.45) is 4.95. The lowest BCUT2D eigenvalue weighted by molar-refractivity contribution is 0.0773. The molecule has 0 spiro atoms. The van der Waals surface area contributed by atoms with Crippen LogP contribution in [0.5, 0.6) is 5.75 Å². The Bertz CT molecular complexity index is 766. The van der Waals surface area contributed by atoms with Crippen molar-refractivity contribution in [2.24, 2.45) is 0 Å². The molecule has 0 atom stereocenters. The summed E-state index contributed by atoms with van der Waals surface area (Å²) in [4.78, 5) is 14.5. The molecule has 0 aromatic heterocycles. The van der Waals surface area contributed by atoms with Crippen LogP contribution in [-0.2, 0) is 0 Å². The summed E-state index contributed by atoms with van der Waals surface area (Å²) in [6, 6.07) is 13.9. The van der Waals surface area contributed by atoms with E-state index in [1.165, 1.54) is 12.1 Å². The summed E-state index contributed by atoms with van der Waals surface area (Å²) >= 11 is 0. The Morgan fingerprint density at radius 1 is 1.12 bits per heavy atom. The van der Waals surface area contributed by atoms with Gasteiger partial charge < -0.3 is 9.64 Å². The molecular formula is C22H24FNO2. The third kappa shape index (κ3) is 4.51. The number of amides is 1. The van der Waals surface area contributed by atoms with E-state index in [0.717, 1.165) is 36.1 Å². The Kier molecular flexibility index (Phi) is 6.05. The lowest BCUT2D eigenvalue weighted by Gasteiger charge is -2.27. The topological polar surface area (TPSA) is 29.5 Å². The molecule has 136 valence electrons. The van der Waals surface area contributed by atoms with Crippen LogP contribution < -0.4 is 4.74 Å². The van der Waals surface area contributed by atoms with Crippen molar-refractivity contribution in [3.63, 3.8) is 0 Å². The van der Waals surface area contributed by atoms with Gasteiger partial charge in [0, 0.05) is 18.7 Å². The Morgan fingerprint density at radius 3 is 2.46 bits per heavy atom. The van der Waals surface area contributed by atoms with Gasteiger partial charge in [-0.15, -0.1) is 0 Å². The van der Waals surface area contributed by atoms with Crippen molar-refractivity contribution in [1.29, 1.82) is 0 Å². The Hall–Kier alpha value is -2.62. The van der Waals surface area contributed by atoms with Gasteiger partial charge in [-0.1, -0.05) is 31.6 Å². The van der Waals surface area contributed by atoms with Crippen LogP contribution in [0.4, 0.5) is 4.39 Å². The number of ether oxygens (including phenoxy) is 1. The van der Waals surface area contributed by atoms with Crippen LogP contribution in [0.1, 0.15) is 42.1 Å². The van der Waals surface area contributed by atoms with Crippen LogP contribution in [0.2, 0.25) is 0 Å². The SMILES string of the molecule is CCCCOc1ccc(C(=O)N2CC=C(c3ccc(F)cc3)CC2)cc1. The number of carbonyl (C=O) groups excluding carboxylic acids is 1. The minimum atomic E-state index is -0.232. The Morgan fingerprint density at radius 2 is 1.85 bits per heavy atom. The predicted octanol–water partition coefficient (Wildman–Crippen LogP) is 4.93. The first-order chi connectivity index (χ1) is 12.7. The number of halogens is 1. The third-order valence-corrected chi connectivity index (χ3v) is 4.58. The molecule has 1 aliphatic rings. The average molecular weight is 353 g/mol. The molecule has 0 saturated heterocycles. The van der Waals surface area contributed by atoms with Crippen molar-refractivity contribution < 1.29 is 13.9 Å². The van der Waals surface area contributed by atoms with Gasteiger partial charge in [-0.2, -0.15) is 0 Å². The smallest absolute Gasteiger partial charge is 0.254 e. The zero-order chi connectivity index (χ0) is 18.4. The maximum Gasteiger partial charge on any atom is 0.254 e. The van der Waals surface area contributed by atoms with Crippen molar-refractivity contribution in [3.8, 4) is 5.75 Å². The fourth-order valence-corrected chi connectivity index (χ4v) is 2.99. The molecule has 4 heteroatoms. The third-order valence-electron chi connectivity index (χ3n) is 4.58. The molecule has 0 bridgehead atoms. The second-order valence-corrected chi connectivity index (χ2v) is 6.46. The maximum absolute atomic E-state index is 13.0. The molecule has 0 N–H and O–H groups in total. The zero-order valence-corrected chi connectivity index (χ0v) is 15.1. The first-order valence-corrected chi connectivity index (χ1v) is 9.14. The zero-order valence-electron chi connectivity index (χ0n) is 15.1. The molecule has 2 aromatic rings. The molecule has 0 aliphatic carbocycles. The molecule has 3 nitrogen and oxygen atoms in total. The second-order valence-electron chi connectivity index (χ2n) is 6.46. The maximum atomic E-state index is 13.0. The van der Waals surface area contributed by atoms with Crippen molar-refractivity contribution in [1.82, 2.24) is 4.90 Å². The van der Waals surface area contributed by atoms with E-state index in [2.05, 4.69) is 13.0 Å². The summed E-state index contributed by atoms with van der Waals surface area (Å²) in [5.74, 6) is 0.593. The average Bonchev–Trinajstić information content (AvgIpc) is 2.69. The number of carbonyl (C=O) groups is 1. The molecule has 0 fully saturated rings. The number of benzene rings is 2. The lowest BCUT2D eigenvalue weighted by Crippen LogP contribution is -2.34. The second kappa shape index (κ2) is 8.65. The highest BCUT2D eigenvalue weighted by molar-refractivity contribution is 5.95. The van der Waals surface area contributed by atoms with Crippen molar-refractivity contribution in [2.75, 3.05) is 19.7 Å². The minimum absolute atomic E-state index is 0.0273. The van der Waals surface area contributed by atoms with E-state index < -0.39 is 0 Å². The van der Waals surface area contributed by atoms with Crippen LogP contribution in [0.25, 0.3) is 5.57 Å². The standard InChI is InChI=1S/C22H24FNO2/c1-2-3-16-26-21-10-6-19(7-11-21)22(25)24-14-12-18(13-15-24)17-4-8-20(23)9-5-17/h4-12H,2-3,13-16H2,1H3. The van der Waals surface area contributed by atoms with Crippen LogP contribution in [0.15, 0.2) is 54.6 Å². The van der Waals surface area contributed by atoms with Crippen molar-refractivity contribution in [3.05, 3.63) is 71.6 Å². The molecule has 2 aromatic carbocycles. The largest absolute Gasteiger partial charge is 0.494 e. The number of unbranched alkanes of at least 4 members (excludes halogenated alkanes) is 1. The monoisotopic (exact) mass is 353 g/mol. The van der Waals surface area contributed by atoms with E-state index in [0.29, 0.717) is 25.3 Å². The molecule has 0 radical (unpaired) electrons. The van der Waals surface area contributed by atoms with Crippen LogP contribution in [-0.4, -0.2) is 30.5 Å². The van der Waals surface area contributed by atoms with Gasteiger partial charge in [0.2, 0.25) is 0 Å². The van der Waals surface area contributed by atoms with Gasteiger partial charge in [0.1, 0.15) is 11.6 Å². The molecule has 3 rings (SSSR count). The highest BCUT2D eigenvalue weighted by Gasteiger charge is 2.19. The molecule has 1 heterocycles. The number of hydrogen-bond donors (Lipinski definition) is 0. The number of hydrogen-bond acceptors (Lipinski definition) is 2. The van der Waals surface area contributed by atoms with Crippen LogP contribution in [0.3, 0.4) is 0 Å². The first-order valence-electron chi connectivity index (χ1n) is 9.14. The van der Waals surface area contributed by atoms with E-state index in [1.807, 2.05) is 29.2 Å². The Labute approximate surface area is 154 Å². The van der Waals surface area contributed by atoms with Gasteiger partial charge in [0.15, 0.2) is 0 Å². The quantitative estimate of drug-likeness (QED) is 0.689. The summed E-state index contributed by atoms with van der Waals surface area (Å²) < 4.78 is 18.7.